The summed E-state index contributed by atoms with van der Waals surface area (Å²) in [6.07, 6.45) is 3.60. The molecule has 3 aromatic rings. The molecule has 104 valence electrons. The topological polar surface area (TPSA) is 50.7 Å². The molecule has 0 amide bonds. The fraction of sp³-hybridized carbons (Fsp3) is 0.176. The van der Waals surface area contributed by atoms with E-state index in [1.165, 1.54) is 5.56 Å². The number of fused-ring (bicyclic) bond motifs is 3. The lowest BCUT2D eigenvalue weighted by atomic mass is 9.90. The van der Waals surface area contributed by atoms with Crippen molar-refractivity contribution in [2.75, 3.05) is 0 Å². The second-order valence-corrected chi connectivity index (χ2v) is 5.46. The van der Waals surface area contributed by atoms with Crippen molar-refractivity contribution in [2.24, 2.45) is 0 Å². The van der Waals surface area contributed by atoms with Gasteiger partial charge >= 0.3 is 0 Å². The van der Waals surface area contributed by atoms with E-state index in [9.17, 15) is 4.79 Å². The highest BCUT2D eigenvalue weighted by atomic mass is 16.1. The molecule has 4 nitrogen and oxygen atoms in total. The van der Waals surface area contributed by atoms with E-state index in [4.69, 9.17) is 0 Å². The first kappa shape index (κ1) is 12.1. The summed E-state index contributed by atoms with van der Waals surface area (Å²) in [5.41, 5.74) is 5.14. The van der Waals surface area contributed by atoms with Gasteiger partial charge in [0, 0.05) is 11.9 Å². The molecule has 2 aromatic heterocycles. The maximum Gasteiger partial charge on any atom is 0.280 e. The van der Waals surface area contributed by atoms with Crippen LogP contribution in [0.1, 0.15) is 16.8 Å². The van der Waals surface area contributed by atoms with Gasteiger partial charge in [-0.1, -0.05) is 30.3 Å². The van der Waals surface area contributed by atoms with Crippen LogP contribution in [-0.4, -0.2) is 14.8 Å². The summed E-state index contributed by atoms with van der Waals surface area (Å²) < 4.78 is 1.55. The zero-order chi connectivity index (χ0) is 14.4. The van der Waals surface area contributed by atoms with Gasteiger partial charge in [0.05, 0.1) is 5.56 Å². The second-order valence-electron chi connectivity index (χ2n) is 5.46. The van der Waals surface area contributed by atoms with Gasteiger partial charge in [0.15, 0.2) is 5.82 Å². The summed E-state index contributed by atoms with van der Waals surface area (Å²) >= 11 is 0. The maximum atomic E-state index is 12.8. The van der Waals surface area contributed by atoms with Gasteiger partial charge in [-0.3, -0.25) is 9.89 Å². The minimum Gasteiger partial charge on any atom is -0.293 e. The average Bonchev–Trinajstić information content (AvgIpc) is 2.86. The van der Waals surface area contributed by atoms with Crippen molar-refractivity contribution in [1.82, 2.24) is 14.8 Å². The SMILES string of the molecule is Cc1ccc(-n2[nH]c3c(c2=O)-c2ccccc2CC3)nc1. The molecule has 1 N–H and O–H groups in total. The quantitative estimate of drug-likeness (QED) is 0.743. The lowest BCUT2D eigenvalue weighted by Crippen LogP contribution is -2.17. The van der Waals surface area contributed by atoms with E-state index in [1.807, 2.05) is 37.3 Å². The first-order valence-electron chi connectivity index (χ1n) is 7.09. The van der Waals surface area contributed by atoms with Gasteiger partial charge in [0.25, 0.3) is 5.56 Å². The highest BCUT2D eigenvalue weighted by molar-refractivity contribution is 5.71. The fourth-order valence-electron chi connectivity index (χ4n) is 2.94. The Labute approximate surface area is 122 Å². The first-order valence-corrected chi connectivity index (χ1v) is 7.09. The van der Waals surface area contributed by atoms with Gasteiger partial charge in [0.1, 0.15) is 0 Å². The van der Waals surface area contributed by atoms with Crippen molar-refractivity contribution < 1.29 is 0 Å². The number of aromatic amines is 1. The zero-order valence-electron chi connectivity index (χ0n) is 11.8. The highest BCUT2D eigenvalue weighted by Gasteiger charge is 2.23. The van der Waals surface area contributed by atoms with Crippen LogP contribution in [0.15, 0.2) is 47.4 Å². The van der Waals surface area contributed by atoms with Crippen LogP contribution in [0.5, 0.6) is 0 Å². The van der Waals surface area contributed by atoms with E-state index in [2.05, 4.69) is 16.1 Å². The van der Waals surface area contributed by atoms with E-state index in [0.29, 0.717) is 5.82 Å². The number of nitrogens with one attached hydrogen (secondary N) is 1. The molecule has 0 aliphatic heterocycles. The molecule has 0 fully saturated rings. The molecule has 0 spiro atoms. The Bertz CT molecular complexity index is 872. The fourth-order valence-corrected chi connectivity index (χ4v) is 2.94. The van der Waals surface area contributed by atoms with Gasteiger partial charge < -0.3 is 0 Å². The Hall–Kier alpha value is -2.62. The summed E-state index contributed by atoms with van der Waals surface area (Å²) in [7, 11) is 0. The number of aromatic nitrogens is 3. The molecule has 0 bridgehead atoms. The van der Waals surface area contributed by atoms with Gasteiger partial charge in [-0.15, -0.1) is 0 Å². The average molecular weight is 277 g/mol. The van der Waals surface area contributed by atoms with Crippen LogP contribution >= 0.6 is 0 Å². The smallest absolute Gasteiger partial charge is 0.280 e. The van der Waals surface area contributed by atoms with Crippen LogP contribution in [0.3, 0.4) is 0 Å². The van der Waals surface area contributed by atoms with Crippen LogP contribution in [0.2, 0.25) is 0 Å². The molecule has 0 saturated heterocycles. The lowest BCUT2D eigenvalue weighted by molar-refractivity contribution is 0.780. The van der Waals surface area contributed by atoms with Gasteiger partial charge in [-0.2, -0.15) is 0 Å². The maximum absolute atomic E-state index is 12.8. The van der Waals surface area contributed by atoms with Crippen LogP contribution in [0.25, 0.3) is 16.9 Å². The van der Waals surface area contributed by atoms with Gasteiger partial charge in [0.2, 0.25) is 0 Å². The molecule has 0 radical (unpaired) electrons. The minimum atomic E-state index is -0.0199. The van der Waals surface area contributed by atoms with E-state index in [0.717, 1.165) is 35.2 Å². The summed E-state index contributed by atoms with van der Waals surface area (Å²) in [5.74, 6) is 0.637. The number of hydrogen-bond acceptors (Lipinski definition) is 2. The van der Waals surface area contributed by atoms with Gasteiger partial charge in [-0.05, 0) is 42.5 Å². The van der Waals surface area contributed by atoms with Crippen molar-refractivity contribution in [3.63, 3.8) is 0 Å². The van der Waals surface area contributed by atoms with E-state index < -0.39 is 0 Å². The van der Waals surface area contributed by atoms with Crippen LogP contribution in [-0.2, 0) is 12.8 Å². The van der Waals surface area contributed by atoms with E-state index >= 15 is 0 Å². The Kier molecular flexibility index (Phi) is 2.57. The second kappa shape index (κ2) is 4.45. The number of H-pyrrole nitrogens is 1. The largest absolute Gasteiger partial charge is 0.293 e. The van der Waals surface area contributed by atoms with Crippen molar-refractivity contribution in [1.29, 1.82) is 0 Å². The standard InChI is InChI=1S/C17H15N3O/c1-11-6-9-15(18-10-11)20-17(21)16-13-5-3-2-4-12(13)7-8-14(16)19-20/h2-6,9-10,19H,7-8H2,1H3. The monoisotopic (exact) mass is 277 g/mol. The molecule has 1 aliphatic carbocycles. The zero-order valence-corrected chi connectivity index (χ0v) is 11.8. The number of benzene rings is 1. The molecule has 0 saturated carbocycles. The Balaban J connectivity index is 1.94. The van der Waals surface area contributed by atoms with Crippen LogP contribution in [0, 0.1) is 6.92 Å². The van der Waals surface area contributed by atoms with E-state index in [-0.39, 0.29) is 5.56 Å². The third-order valence-electron chi connectivity index (χ3n) is 4.02. The third-order valence-corrected chi connectivity index (χ3v) is 4.02. The van der Waals surface area contributed by atoms with Gasteiger partial charge in [-0.25, -0.2) is 9.67 Å². The molecule has 1 aliphatic rings. The Morgan fingerprint density at radius 1 is 1.14 bits per heavy atom. The third kappa shape index (κ3) is 1.83. The van der Waals surface area contributed by atoms with Crippen LogP contribution in [0.4, 0.5) is 0 Å². The molecule has 21 heavy (non-hydrogen) atoms. The van der Waals surface area contributed by atoms with Crippen molar-refractivity contribution in [3.05, 3.63) is 69.8 Å². The normalized spacial score (nSPS) is 12.8. The summed E-state index contributed by atoms with van der Waals surface area (Å²) in [6, 6.07) is 12.0. The predicted molar refractivity (Wildman–Crippen MR) is 81.8 cm³/mol. The predicted octanol–water partition coefficient (Wildman–Crippen LogP) is 2.63. The highest BCUT2D eigenvalue weighted by Crippen LogP contribution is 2.30. The molecule has 1 aromatic carbocycles. The number of aryl methyl sites for hydroxylation is 3. The molecule has 0 unspecified atom stereocenters. The minimum absolute atomic E-state index is 0.0199. The molecular weight excluding hydrogens is 262 g/mol. The Morgan fingerprint density at radius 2 is 2.00 bits per heavy atom. The molecule has 4 rings (SSSR count). The molecule has 2 heterocycles. The summed E-state index contributed by atoms with van der Waals surface area (Å²) in [6.45, 7) is 1.98. The Morgan fingerprint density at radius 3 is 2.81 bits per heavy atom. The molecular formula is C17H15N3O. The molecule has 0 atom stereocenters. The number of hydrogen-bond donors (Lipinski definition) is 1. The molecule has 4 heteroatoms. The number of rotatable bonds is 1. The van der Waals surface area contributed by atoms with Crippen molar-refractivity contribution in [2.45, 2.75) is 19.8 Å². The first-order chi connectivity index (χ1) is 10.2. The number of nitrogens with zero attached hydrogens (tertiary/aromatic N) is 2. The summed E-state index contributed by atoms with van der Waals surface area (Å²) in [4.78, 5) is 17.1. The summed E-state index contributed by atoms with van der Waals surface area (Å²) in [5, 5.41) is 3.22. The van der Waals surface area contributed by atoms with Crippen molar-refractivity contribution >= 4 is 0 Å². The van der Waals surface area contributed by atoms with E-state index in [1.54, 1.807) is 10.9 Å². The number of pyridine rings is 1. The lowest BCUT2D eigenvalue weighted by Gasteiger charge is -2.13. The van der Waals surface area contributed by atoms with Crippen molar-refractivity contribution in [3.8, 4) is 16.9 Å². The van der Waals surface area contributed by atoms with Crippen LogP contribution < -0.4 is 5.56 Å².